The molecule has 0 saturated carbocycles. The van der Waals surface area contributed by atoms with Crippen molar-refractivity contribution in [2.24, 2.45) is 0 Å². The summed E-state index contributed by atoms with van der Waals surface area (Å²) in [5.74, 6) is -0.129. The average Bonchev–Trinajstić information content (AvgIpc) is 3.43. The molecule has 2 saturated heterocycles. The zero-order valence-corrected chi connectivity index (χ0v) is 18.6. The van der Waals surface area contributed by atoms with Crippen LogP contribution < -0.4 is 14.4 Å². The van der Waals surface area contributed by atoms with E-state index in [2.05, 4.69) is 19.4 Å². The summed E-state index contributed by atoms with van der Waals surface area (Å²) in [5, 5.41) is 9.65. The van der Waals surface area contributed by atoms with Crippen molar-refractivity contribution in [1.82, 2.24) is 19.8 Å². The molecular weight excluding hydrogens is 464 g/mol. The molecule has 1 N–H and O–H groups in total. The first-order valence-corrected chi connectivity index (χ1v) is 11.2. The minimum atomic E-state index is -3.69. The third-order valence-corrected chi connectivity index (χ3v) is 6.05. The first-order chi connectivity index (χ1) is 16.8. The molecule has 1 aromatic carbocycles. The number of hydrogen-bond donors (Lipinski definition) is 1. The largest absolute Gasteiger partial charge is 0.586 e. The third-order valence-electron chi connectivity index (χ3n) is 6.05. The highest BCUT2D eigenvalue weighted by atomic mass is 19.3. The number of ether oxygens (including phenoxy) is 2. The summed E-state index contributed by atoms with van der Waals surface area (Å²) >= 11 is 0. The van der Waals surface area contributed by atoms with E-state index in [-0.39, 0.29) is 29.4 Å². The molecule has 1 aromatic heterocycles. The molecule has 5 rings (SSSR count). The van der Waals surface area contributed by atoms with Crippen LogP contribution >= 0.6 is 0 Å². The van der Waals surface area contributed by atoms with Crippen LogP contribution in [0, 0.1) is 0 Å². The molecule has 3 aliphatic heterocycles. The van der Waals surface area contributed by atoms with E-state index in [1.54, 1.807) is 15.9 Å². The maximum absolute atomic E-state index is 13.1. The monoisotopic (exact) mass is 487 g/mol. The molecule has 12 heteroatoms. The molecule has 0 radical (unpaired) electrons. The molecule has 1 unspecified atom stereocenters. The van der Waals surface area contributed by atoms with Gasteiger partial charge in [-0.15, -0.1) is 8.78 Å². The lowest BCUT2D eigenvalue weighted by atomic mass is 10.2. The van der Waals surface area contributed by atoms with Crippen molar-refractivity contribution in [3.63, 3.8) is 0 Å². The van der Waals surface area contributed by atoms with Crippen LogP contribution in [-0.4, -0.2) is 88.4 Å². The van der Waals surface area contributed by atoms with E-state index in [1.807, 2.05) is 4.90 Å². The van der Waals surface area contributed by atoms with Crippen LogP contribution in [0.25, 0.3) is 6.08 Å². The van der Waals surface area contributed by atoms with Crippen LogP contribution in [0.15, 0.2) is 36.7 Å². The Labute approximate surface area is 199 Å². The van der Waals surface area contributed by atoms with Gasteiger partial charge in [-0.25, -0.2) is 9.97 Å². The van der Waals surface area contributed by atoms with Crippen LogP contribution in [0.1, 0.15) is 22.3 Å². The van der Waals surface area contributed by atoms with Gasteiger partial charge >= 0.3 is 6.29 Å². The topological polar surface area (TPSA) is 108 Å². The number of carbonyl (C=O) groups is 2. The fraction of sp³-hybridized carbons (Fsp3) is 0.391. The molecule has 4 heterocycles. The molecule has 10 nitrogen and oxygen atoms in total. The molecule has 0 bridgehead atoms. The maximum atomic E-state index is 13.1. The number of halogens is 2. The number of amides is 2. The van der Waals surface area contributed by atoms with Gasteiger partial charge in [-0.2, -0.15) is 0 Å². The zero-order chi connectivity index (χ0) is 24.6. The number of aromatic nitrogens is 2. The molecule has 2 amide bonds. The maximum Gasteiger partial charge on any atom is 0.586 e. The van der Waals surface area contributed by atoms with Gasteiger partial charge in [-0.1, -0.05) is 6.07 Å². The molecular formula is C23H23F2N5O5. The Kier molecular flexibility index (Phi) is 5.97. The smallest absolute Gasteiger partial charge is 0.395 e. The summed E-state index contributed by atoms with van der Waals surface area (Å²) in [4.78, 5) is 39.0. The van der Waals surface area contributed by atoms with Crippen molar-refractivity contribution in [3.05, 3.63) is 47.8 Å². The number of piperazine rings is 1. The molecule has 0 spiro atoms. The van der Waals surface area contributed by atoms with E-state index in [9.17, 15) is 23.5 Å². The van der Waals surface area contributed by atoms with Crippen LogP contribution in [0.3, 0.4) is 0 Å². The van der Waals surface area contributed by atoms with E-state index < -0.39 is 6.29 Å². The Morgan fingerprint density at radius 1 is 1.03 bits per heavy atom. The number of hydrogen-bond acceptors (Lipinski definition) is 8. The van der Waals surface area contributed by atoms with Gasteiger partial charge in [0.25, 0.3) is 5.91 Å². The van der Waals surface area contributed by atoms with Gasteiger partial charge in [0, 0.05) is 57.7 Å². The van der Waals surface area contributed by atoms with Crippen molar-refractivity contribution in [2.75, 3.05) is 44.2 Å². The van der Waals surface area contributed by atoms with E-state index in [4.69, 9.17) is 0 Å². The molecule has 3 aliphatic rings. The summed E-state index contributed by atoms with van der Waals surface area (Å²) in [6.45, 7) is 2.57. The fourth-order valence-electron chi connectivity index (χ4n) is 4.17. The van der Waals surface area contributed by atoms with Crippen molar-refractivity contribution in [2.45, 2.75) is 18.8 Å². The van der Waals surface area contributed by atoms with Crippen LogP contribution in [0.2, 0.25) is 0 Å². The molecule has 2 aromatic rings. The first-order valence-electron chi connectivity index (χ1n) is 11.2. The minimum absolute atomic E-state index is 0.0610. The number of aliphatic hydroxyl groups excluding tert-OH is 1. The Hall–Kier alpha value is -3.80. The predicted octanol–water partition coefficient (Wildman–Crippen LogP) is 1.37. The normalized spacial score (nSPS) is 21.1. The first kappa shape index (κ1) is 23.0. The number of aliphatic hydroxyl groups is 1. The third kappa shape index (κ3) is 5.02. The Morgan fingerprint density at radius 3 is 2.40 bits per heavy atom. The summed E-state index contributed by atoms with van der Waals surface area (Å²) in [6, 6.07) is 4.27. The minimum Gasteiger partial charge on any atom is -0.395 e. The quantitative estimate of drug-likeness (QED) is 0.645. The standard InChI is InChI=1S/C23H23F2N5O5/c24-23(25)34-18-3-1-15(11-19(18)35-23)2-4-20(32)28-7-9-29(10-8-28)21(33)16-12-26-22(27-13-16)30-6-5-17(31)14-30/h1-4,11-13,17,31H,5-10,14H2. The number of alkyl halides is 2. The van der Waals surface area contributed by atoms with E-state index in [0.29, 0.717) is 62.8 Å². The molecule has 1 atom stereocenters. The van der Waals surface area contributed by atoms with Gasteiger partial charge in [-0.3, -0.25) is 9.59 Å². The zero-order valence-electron chi connectivity index (χ0n) is 18.6. The summed E-state index contributed by atoms with van der Waals surface area (Å²) in [5.41, 5.74) is 0.876. The van der Waals surface area contributed by atoms with E-state index in [1.165, 1.54) is 36.7 Å². The van der Waals surface area contributed by atoms with Crippen molar-refractivity contribution < 1.29 is 33.0 Å². The van der Waals surface area contributed by atoms with Gasteiger partial charge in [-0.05, 0) is 30.2 Å². The van der Waals surface area contributed by atoms with Crippen LogP contribution in [-0.2, 0) is 4.79 Å². The lowest BCUT2D eigenvalue weighted by molar-refractivity contribution is -0.286. The van der Waals surface area contributed by atoms with Gasteiger partial charge in [0.2, 0.25) is 11.9 Å². The SMILES string of the molecule is O=C(C=Cc1ccc2c(c1)OC(F)(F)O2)N1CCN(C(=O)c2cnc(N3CCC(O)C3)nc2)CC1. The van der Waals surface area contributed by atoms with E-state index >= 15 is 0 Å². The molecule has 184 valence electrons. The summed E-state index contributed by atoms with van der Waals surface area (Å²) in [6.07, 6.45) is 2.42. The second-order valence-electron chi connectivity index (χ2n) is 8.48. The predicted molar refractivity (Wildman–Crippen MR) is 119 cm³/mol. The summed E-state index contributed by atoms with van der Waals surface area (Å²) < 4.78 is 35.1. The van der Waals surface area contributed by atoms with Crippen molar-refractivity contribution in [3.8, 4) is 11.5 Å². The van der Waals surface area contributed by atoms with Gasteiger partial charge in [0.15, 0.2) is 11.5 Å². The van der Waals surface area contributed by atoms with Crippen molar-refractivity contribution >= 4 is 23.8 Å². The second-order valence-corrected chi connectivity index (χ2v) is 8.48. The van der Waals surface area contributed by atoms with Gasteiger partial charge in [0.05, 0.1) is 11.7 Å². The number of fused-ring (bicyclic) bond motifs is 1. The number of β-amino-alcohol motifs (C(OH)–C–C–N with tert-alkyl or cyclic N) is 1. The van der Waals surface area contributed by atoms with Gasteiger partial charge < -0.3 is 29.3 Å². The fourth-order valence-corrected chi connectivity index (χ4v) is 4.17. The lowest BCUT2D eigenvalue weighted by Gasteiger charge is -2.34. The van der Waals surface area contributed by atoms with Crippen molar-refractivity contribution in [1.29, 1.82) is 0 Å². The lowest BCUT2D eigenvalue weighted by Crippen LogP contribution is -2.50. The highest BCUT2D eigenvalue weighted by Crippen LogP contribution is 2.41. The second kappa shape index (κ2) is 9.10. The number of rotatable bonds is 4. The number of benzene rings is 1. The highest BCUT2D eigenvalue weighted by Gasteiger charge is 2.43. The molecule has 2 fully saturated rings. The Bertz CT molecular complexity index is 1150. The van der Waals surface area contributed by atoms with Crippen LogP contribution in [0.4, 0.5) is 14.7 Å². The van der Waals surface area contributed by atoms with Gasteiger partial charge in [0.1, 0.15) is 0 Å². The number of carbonyl (C=O) groups excluding carboxylic acids is 2. The summed E-state index contributed by atoms with van der Waals surface area (Å²) in [7, 11) is 0. The van der Waals surface area contributed by atoms with Crippen LogP contribution in [0.5, 0.6) is 11.5 Å². The average molecular weight is 487 g/mol. The molecule has 0 aliphatic carbocycles. The highest BCUT2D eigenvalue weighted by molar-refractivity contribution is 5.94. The number of anilines is 1. The Balaban J connectivity index is 1.13. The Morgan fingerprint density at radius 2 is 1.71 bits per heavy atom. The molecule has 35 heavy (non-hydrogen) atoms. The van der Waals surface area contributed by atoms with E-state index in [0.717, 1.165) is 0 Å². The number of nitrogens with zero attached hydrogens (tertiary/aromatic N) is 5.